The molecule has 1 unspecified atom stereocenters. The fourth-order valence-electron chi connectivity index (χ4n) is 3.28. The molecule has 5 nitrogen and oxygen atoms in total. The van der Waals surface area contributed by atoms with Crippen molar-refractivity contribution in [3.63, 3.8) is 0 Å². The molecule has 1 fully saturated rings. The molecule has 1 aromatic rings. The van der Waals surface area contributed by atoms with Crippen molar-refractivity contribution in [3.8, 4) is 0 Å². The summed E-state index contributed by atoms with van der Waals surface area (Å²) in [5.74, 6) is 0.141. The predicted octanol–water partition coefficient (Wildman–Crippen LogP) is 3.31. The van der Waals surface area contributed by atoms with Gasteiger partial charge in [0, 0.05) is 36.7 Å². The fraction of sp³-hybridized carbons (Fsp3) is 0.647. The van der Waals surface area contributed by atoms with Crippen molar-refractivity contribution in [1.29, 1.82) is 0 Å². The summed E-state index contributed by atoms with van der Waals surface area (Å²) >= 11 is 0. The molecule has 5 heteroatoms. The Labute approximate surface area is 132 Å². The maximum Gasteiger partial charge on any atom is 0.273 e. The zero-order chi connectivity index (χ0) is 16.3. The van der Waals surface area contributed by atoms with E-state index >= 15 is 0 Å². The third kappa shape index (κ3) is 3.84. The first kappa shape index (κ1) is 16.9. The lowest BCUT2D eigenvalue weighted by Gasteiger charge is -2.39. The highest BCUT2D eigenvalue weighted by molar-refractivity contribution is 5.45. The first-order valence-corrected chi connectivity index (χ1v) is 7.95. The molecule has 2 rings (SSSR count). The number of nitro benzene ring substituents is 1. The van der Waals surface area contributed by atoms with E-state index in [2.05, 4.69) is 11.8 Å². The molecule has 22 heavy (non-hydrogen) atoms. The Morgan fingerprint density at radius 3 is 2.77 bits per heavy atom. The van der Waals surface area contributed by atoms with Crippen LogP contribution in [0.3, 0.4) is 0 Å². The van der Waals surface area contributed by atoms with Crippen LogP contribution in [0.1, 0.15) is 50.7 Å². The van der Waals surface area contributed by atoms with E-state index in [-0.39, 0.29) is 28.6 Å². The lowest BCUT2D eigenvalue weighted by molar-refractivity contribution is -0.385. The average molecular weight is 306 g/mol. The summed E-state index contributed by atoms with van der Waals surface area (Å²) in [6, 6.07) is 5.58. The molecule has 1 heterocycles. The summed E-state index contributed by atoms with van der Waals surface area (Å²) in [5.41, 5.74) is 1.92. The molecule has 0 saturated carbocycles. The highest BCUT2D eigenvalue weighted by Gasteiger charge is 2.30. The Kier molecular flexibility index (Phi) is 5.19. The van der Waals surface area contributed by atoms with Gasteiger partial charge >= 0.3 is 0 Å². The number of benzene rings is 1. The third-order valence-corrected chi connectivity index (χ3v) is 4.56. The summed E-state index contributed by atoms with van der Waals surface area (Å²) in [6.45, 7) is 8.76. The molecule has 0 spiro atoms. The standard InChI is InChI=1S/C17H26N2O3/c1-13(2)15-6-5-14(9-16(15)19(21)22)10-18-8-4-7-17(3,11-18)12-20/h5-6,9,13,20H,4,7-8,10-12H2,1-3H3. The second kappa shape index (κ2) is 6.75. The summed E-state index contributed by atoms with van der Waals surface area (Å²) < 4.78 is 0. The molecule has 0 bridgehead atoms. The Hall–Kier alpha value is -1.46. The van der Waals surface area contributed by atoms with Crippen LogP contribution in [0.15, 0.2) is 18.2 Å². The second-order valence-corrected chi connectivity index (χ2v) is 7.09. The molecule has 0 amide bonds. The van der Waals surface area contributed by atoms with Gasteiger partial charge in [-0.25, -0.2) is 0 Å². The van der Waals surface area contributed by atoms with Crippen molar-refractivity contribution in [2.24, 2.45) is 5.41 Å². The first-order valence-electron chi connectivity index (χ1n) is 7.95. The average Bonchev–Trinajstić information content (AvgIpc) is 2.47. The van der Waals surface area contributed by atoms with E-state index in [1.54, 1.807) is 6.07 Å². The van der Waals surface area contributed by atoms with E-state index in [1.807, 2.05) is 26.0 Å². The van der Waals surface area contributed by atoms with Gasteiger partial charge in [0.25, 0.3) is 5.69 Å². The van der Waals surface area contributed by atoms with Crippen LogP contribution in [-0.2, 0) is 6.54 Å². The van der Waals surface area contributed by atoms with E-state index in [4.69, 9.17) is 0 Å². The Morgan fingerprint density at radius 2 is 2.18 bits per heavy atom. The van der Waals surface area contributed by atoms with E-state index in [0.29, 0.717) is 6.54 Å². The molecule has 0 aliphatic carbocycles. The number of rotatable bonds is 5. The van der Waals surface area contributed by atoms with Gasteiger partial charge in [0.1, 0.15) is 0 Å². The van der Waals surface area contributed by atoms with Crippen LogP contribution in [0.25, 0.3) is 0 Å². The van der Waals surface area contributed by atoms with Gasteiger partial charge in [-0.05, 0) is 30.9 Å². The number of likely N-dealkylation sites (tertiary alicyclic amines) is 1. The van der Waals surface area contributed by atoms with E-state index in [0.717, 1.165) is 37.1 Å². The van der Waals surface area contributed by atoms with Crippen LogP contribution < -0.4 is 0 Å². The maximum atomic E-state index is 11.3. The molecule has 0 radical (unpaired) electrons. The number of aliphatic hydroxyl groups is 1. The van der Waals surface area contributed by atoms with Gasteiger partial charge in [0.15, 0.2) is 0 Å². The van der Waals surface area contributed by atoms with Gasteiger partial charge in [0.2, 0.25) is 0 Å². The fourth-order valence-corrected chi connectivity index (χ4v) is 3.28. The van der Waals surface area contributed by atoms with Crippen LogP contribution in [0, 0.1) is 15.5 Å². The van der Waals surface area contributed by atoms with Gasteiger partial charge in [0.05, 0.1) is 4.92 Å². The van der Waals surface area contributed by atoms with Crippen LogP contribution in [0.4, 0.5) is 5.69 Å². The minimum absolute atomic E-state index is 0.0535. The summed E-state index contributed by atoms with van der Waals surface area (Å²) in [5, 5.41) is 20.8. The second-order valence-electron chi connectivity index (χ2n) is 7.09. The number of aliphatic hydroxyl groups excluding tert-OH is 1. The minimum atomic E-state index is -0.285. The molecule has 1 aliphatic rings. The van der Waals surface area contributed by atoms with Crippen molar-refractivity contribution in [1.82, 2.24) is 4.90 Å². The Balaban J connectivity index is 2.16. The topological polar surface area (TPSA) is 66.6 Å². The number of nitro groups is 1. The van der Waals surface area contributed by atoms with Crippen molar-refractivity contribution >= 4 is 5.69 Å². The first-order chi connectivity index (χ1) is 10.3. The van der Waals surface area contributed by atoms with Crippen molar-refractivity contribution < 1.29 is 10.0 Å². The highest BCUT2D eigenvalue weighted by atomic mass is 16.6. The summed E-state index contributed by atoms with van der Waals surface area (Å²) in [6.07, 6.45) is 2.09. The number of hydrogen-bond acceptors (Lipinski definition) is 4. The Bertz CT molecular complexity index is 545. The van der Waals surface area contributed by atoms with Crippen molar-refractivity contribution in [2.45, 2.75) is 46.1 Å². The van der Waals surface area contributed by atoms with Crippen LogP contribution in [-0.4, -0.2) is 34.6 Å². The molecule has 122 valence electrons. The molecule has 0 aromatic heterocycles. The molecular formula is C17H26N2O3. The molecule has 1 aromatic carbocycles. The number of nitrogens with zero attached hydrogens (tertiary/aromatic N) is 2. The molecule has 1 saturated heterocycles. The lowest BCUT2D eigenvalue weighted by Crippen LogP contribution is -2.43. The van der Waals surface area contributed by atoms with Gasteiger partial charge in [-0.2, -0.15) is 0 Å². The van der Waals surface area contributed by atoms with Crippen LogP contribution in [0.5, 0.6) is 0 Å². The zero-order valence-corrected chi connectivity index (χ0v) is 13.7. The van der Waals surface area contributed by atoms with Gasteiger partial charge in [-0.3, -0.25) is 15.0 Å². The summed E-state index contributed by atoms with van der Waals surface area (Å²) in [7, 11) is 0. The van der Waals surface area contributed by atoms with E-state index in [9.17, 15) is 15.2 Å². The van der Waals surface area contributed by atoms with Crippen molar-refractivity contribution in [2.75, 3.05) is 19.7 Å². The Morgan fingerprint density at radius 1 is 1.45 bits per heavy atom. The predicted molar refractivity (Wildman–Crippen MR) is 86.9 cm³/mol. The zero-order valence-electron chi connectivity index (χ0n) is 13.7. The molecular weight excluding hydrogens is 280 g/mol. The van der Waals surface area contributed by atoms with E-state index in [1.165, 1.54) is 0 Å². The highest BCUT2D eigenvalue weighted by Crippen LogP contribution is 2.31. The smallest absolute Gasteiger partial charge is 0.273 e. The van der Waals surface area contributed by atoms with Gasteiger partial charge in [-0.1, -0.05) is 32.9 Å². The number of piperidine rings is 1. The number of hydrogen-bond donors (Lipinski definition) is 1. The largest absolute Gasteiger partial charge is 0.396 e. The molecule has 1 atom stereocenters. The van der Waals surface area contributed by atoms with Crippen LogP contribution in [0.2, 0.25) is 0 Å². The quantitative estimate of drug-likeness (QED) is 0.669. The minimum Gasteiger partial charge on any atom is -0.396 e. The SMILES string of the molecule is CC(C)c1ccc(CN2CCCC(C)(CO)C2)cc1[N+](=O)[O-]. The van der Waals surface area contributed by atoms with Crippen LogP contribution >= 0.6 is 0 Å². The lowest BCUT2D eigenvalue weighted by atomic mass is 9.82. The monoisotopic (exact) mass is 306 g/mol. The molecule has 1 N–H and O–H groups in total. The molecule has 1 aliphatic heterocycles. The van der Waals surface area contributed by atoms with E-state index < -0.39 is 0 Å². The third-order valence-electron chi connectivity index (χ3n) is 4.56. The van der Waals surface area contributed by atoms with Gasteiger partial charge < -0.3 is 5.11 Å². The van der Waals surface area contributed by atoms with Crippen molar-refractivity contribution in [3.05, 3.63) is 39.4 Å². The van der Waals surface area contributed by atoms with Gasteiger partial charge in [-0.15, -0.1) is 0 Å². The maximum absolute atomic E-state index is 11.3. The summed E-state index contributed by atoms with van der Waals surface area (Å²) in [4.78, 5) is 13.3. The normalized spacial score (nSPS) is 23.0.